The lowest BCUT2D eigenvalue weighted by atomic mass is 10.1. The van der Waals surface area contributed by atoms with Crippen LogP contribution >= 0.6 is 15.9 Å². The smallest absolute Gasteiger partial charge is 0.234 e. The Kier molecular flexibility index (Phi) is 4.63. The molecule has 0 radical (unpaired) electrons. The predicted octanol–water partition coefficient (Wildman–Crippen LogP) is 1.32. The highest BCUT2D eigenvalue weighted by Gasteiger charge is 2.25. The summed E-state index contributed by atoms with van der Waals surface area (Å²) in [5.74, 6) is -0.292. The van der Waals surface area contributed by atoms with E-state index in [1.165, 1.54) is 0 Å². The first-order chi connectivity index (χ1) is 9.52. The van der Waals surface area contributed by atoms with Gasteiger partial charge in [0.1, 0.15) is 6.07 Å². The number of primary amides is 1. The third-order valence-corrected chi connectivity index (χ3v) is 4.19. The molecule has 1 saturated heterocycles. The van der Waals surface area contributed by atoms with Crippen LogP contribution in [0.25, 0.3) is 0 Å². The molecule has 6 heteroatoms. The van der Waals surface area contributed by atoms with Crippen molar-refractivity contribution in [2.24, 2.45) is 5.73 Å². The predicted molar refractivity (Wildman–Crippen MR) is 81.3 cm³/mol. The molecule has 0 spiro atoms. The Balaban J connectivity index is 2.08. The Bertz CT molecular complexity index is 547. The lowest BCUT2D eigenvalue weighted by molar-refractivity contribution is -0.122. The number of nitriles is 1. The number of carbonyl (C=O) groups excluding carboxylic acids is 1. The molecule has 1 aromatic carbocycles. The van der Waals surface area contributed by atoms with Gasteiger partial charge in [0.2, 0.25) is 5.91 Å². The van der Waals surface area contributed by atoms with E-state index in [0.29, 0.717) is 5.56 Å². The molecule has 1 amide bonds. The van der Waals surface area contributed by atoms with Crippen molar-refractivity contribution in [1.29, 1.82) is 5.26 Å². The van der Waals surface area contributed by atoms with Crippen LogP contribution in [0.5, 0.6) is 0 Å². The zero-order valence-electron chi connectivity index (χ0n) is 11.3. The maximum atomic E-state index is 11.2. The third-order valence-electron chi connectivity index (χ3n) is 3.69. The highest BCUT2D eigenvalue weighted by molar-refractivity contribution is 9.10. The second-order valence-electron chi connectivity index (χ2n) is 4.87. The van der Waals surface area contributed by atoms with Crippen LogP contribution in [0.3, 0.4) is 0 Å². The molecule has 0 aromatic heterocycles. The highest BCUT2D eigenvalue weighted by Crippen LogP contribution is 2.25. The first-order valence-electron chi connectivity index (χ1n) is 6.51. The van der Waals surface area contributed by atoms with Crippen molar-refractivity contribution in [3.8, 4) is 6.07 Å². The van der Waals surface area contributed by atoms with Crippen molar-refractivity contribution in [3.63, 3.8) is 0 Å². The van der Waals surface area contributed by atoms with Crippen LogP contribution in [0.15, 0.2) is 22.7 Å². The number of benzene rings is 1. The second kappa shape index (κ2) is 6.25. The van der Waals surface area contributed by atoms with Crippen molar-refractivity contribution in [2.75, 3.05) is 31.1 Å². The number of hydrogen-bond acceptors (Lipinski definition) is 4. The SMILES string of the molecule is CC(C(N)=O)N1CCN(c2ccc(Br)cc2C#N)CC1. The topological polar surface area (TPSA) is 73.4 Å². The highest BCUT2D eigenvalue weighted by atomic mass is 79.9. The van der Waals surface area contributed by atoms with E-state index in [1.54, 1.807) is 0 Å². The summed E-state index contributed by atoms with van der Waals surface area (Å²) < 4.78 is 0.902. The maximum Gasteiger partial charge on any atom is 0.234 e. The number of carbonyl (C=O) groups is 1. The summed E-state index contributed by atoms with van der Waals surface area (Å²) in [4.78, 5) is 15.5. The van der Waals surface area contributed by atoms with E-state index < -0.39 is 0 Å². The van der Waals surface area contributed by atoms with Crippen molar-refractivity contribution in [3.05, 3.63) is 28.2 Å². The molecule has 1 unspecified atom stereocenters. The molecule has 1 aliphatic rings. The van der Waals surface area contributed by atoms with E-state index in [0.717, 1.165) is 36.3 Å². The Hall–Kier alpha value is -1.58. The summed E-state index contributed by atoms with van der Waals surface area (Å²) >= 11 is 3.38. The van der Waals surface area contributed by atoms with Crippen molar-refractivity contribution >= 4 is 27.5 Å². The first-order valence-corrected chi connectivity index (χ1v) is 7.30. The average Bonchev–Trinajstić information content (AvgIpc) is 2.46. The summed E-state index contributed by atoms with van der Waals surface area (Å²) in [6.07, 6.45) is 0. The minimum Gasteiger partial charge on any atom is -0.368 e. The maximum absolute atomic E-state index is 11.2. The quantitative estimate of drug-likeness (QED) is 0.903. The Morgan fingerprint density at radius 2 is 2.05 bits per heavy atom. The van der Waals surface area contributed by atoms with Crippen molar-refractivity contribution in [1.82, 2.24) is 4.90 Å². The Labute approximate surface area is 127 Å². The van der Waals surface area contributed by atoms with Gasteiger partial charge in [0.25, 0.3) is 0 Å². The lowest BCUT2D eigenvalue weighted by Gasteiger charge is -2.38. The fourth-order valence-electron chi connectivity index (χ4n) is 2.40. The average molecular weight is 337 g/mol. The molecular formula is C14H17BrN4O. The molecule has 106 valence electrons. The van der Waals surface area contributed by atoms with Gasteiger partial charge in [-0.15, -0.1) is 0 Å². The van der Waals surface area contributed by atoms with Crippen LogP contribution in [0.1, 0.15) is 12.5 Å². The molecule has 2 rings (SSSR count). The fraction of sp³-hybridized carbons (Fsp3) is 0.429. The monoisotopic (exact) mass is 336 g/mol. The van der Waals surface area contributed by atoms with E-state index in [9.17, 15) is 10.1 Å². The van der Waals surface area contributed by atoms with Gasteiger partial charge in [0.05, 0.1) is 17.3 Å². The minimum absolute atomic E-state index is 0.238. The largest absolute Gasteiger partial charge is 0.368 e. The molecule has 1 aliphatic heterocycles. The molecule has 0 aliphatic carbocycles. The summed E-state index contributed by atoms with van der Waals surface area (Å²) in [6, 6.07) is 7.71. The van der Waals surface area contributed by atoms with Gasteiger partial charge in [-0.1, -0.05) is 15.9 Å². The number of rotatable bonds is 3. The molecule has 20 heavy (non-hydrogen) atoms. The van der Waals surface area contributed by atoms with Crippen LogP contribution in [-0.2, 0) is 4.79 Å². The Morgan fingerprint density at radius 1 is 1.40 bits per heavy atom. The van der Waals surface area contributed by atoms with Gasteiger partial charge in [-0.25, -0.2) is 0 Å². The van der Waals surface area contributed by atoms with Gasteiger partial charge >= 0.3 is 0 Å². The van der Waals surface area contributed by atoms with Gasteiger partial charge in [-0.2, -0.15) is 5.26 Å². The lowest BCUT2D eigenvalue weighted by Crippen LogP contribution is -2.53. The molecule has 1 fully saturated rings. The second-order valence-corrected chi connectivity index (χ2v) is 5.79. The van der Waals surface area contributed by atoms with Crippen molar-refractivity contribution in [2.45, 2.75) is 13.0 Å². The normalized spacial score (nSPS) is 17.6. The van der Waals surface area contributed by atoms with E-state index in [-0.39, 0.29) is 11.9 Å². The number of hydrogen-bond donors (Lipinski definition) is 1. The summed E-state index contributed by atoms with van der Waals surface area (Å²) in [5, 5.41) is 9.22. The molecule has 1 aromatic rings. The van der Waals surface area contributed by atoms with Crippen LogP contribution in [0.2, 0.25) is 0 Å². The number of amides is 1. The zero-order chi connectivity index (χ0) is 14.7. The van der Waals surface area contributed by atoms with Crippen molar-refractivity contribution < 1.29 is 4.79 Å². The van der Waals surface area contributed by atoms with Gasteiger partial charge in [0, 0.05) is 30.7 Å². The van der Waals surface area contributed by atoms with Gasteiger partial charge in [-0.3, -0.25) is 9.69 Å². The fourth-order valence-corrected chi connectivity index (χ4v) is 2.76. The van der Waals surface area contributed by atoms with E-state index in [1.807, 2.05) is 25.1 Å². The number of anilines is 1. The molecule has 0 bridgehead atoms. The van der Waals surface area contributed by atoms with Gasteiger partial charge < -0.3 is 10.6 Å². The number of halogens is 1. The molecule has 0 saturated carbocycles. The van der Waals surface area contributed by atoms with E-state index >= 15 is 0 Å². The first kappa shape index (κ1) is 14.8. The molecule has 5 nitrogen and oxygen atoms in total. The molecule has 1 heterocycles. The number of nitrogens with zero attached hydrogens (tertiary/aromatic N) is 3. The summed E-state index contributed by atoms with van der Waals surface area (Å²) in [6.45, 7) is 4.94. The van der Waals surface area contributed by atoms with Gasteiger partial charge in [0.15, 0.2) is 0 Å². The third kappa shape index (κ3) is 3.11. The van der Waals surface area contributed by atoms with Crippen LogP contribution in [0, 0.1) is 11.3 Å². The molecule has 1 atom stereocenters. The zero-order valence-corrected chi connectivity index (χ0v) is 12.9. The molecular weight excluding hydrogens is 320 g/mol. The minimum atomic E-state index is -0.292. The number of nitrogens with two attached hydrogens (primary N) is 1. The van der Waals surface area contributed by atoms with E-state index in [4.69, 9.17) is 5.73 Å². The number of piperazine rings is 1. The molecule has 2 N–H and O–H groups in total. The van der Waals surface area contributed by atoms with E-state index in [2.05, 4.69) is 31.8 Å². The Morgan fingerprint density at radius 3 is 2.60 bits per heavy atom. The van der Waals surface area contributed by atoms with Crippen LogP contribution < -0.4 is 10.6 Å². The van der Waals surface area contributed by atoms with Crippen LogP contribution in [0.4, 0.5) is 5.69 Å². The van der Waals surface area contributed by atoms with Crippen LogP contribution in [-0.4, -0.2) is 43.0 Å². The summed E-state index contributed by atoms with van der Waals surface area (Å²) in [5.41, 5.74) is 6.94. The summed E-state index contributed by atoms with van der Waals surface area (Å²) in [7, 11) is 0. The van der Waals surface area contributed by atoms with Gasteiger partial charge in [-0.05, 0) is 25.1 Å². The standard InChI is InChI=1S/C14H17BrN4O/c1-10(14(17)20)18-4-6-19(7-5-18)13-3-2-12(15)8-11(13)9-16/h2-3,8,10H,4-7H2,1H3,(H2,17,20).